The van der Waals surface area contributed by atoms with Crippen LogP contribution in [0.5, 0.6) is 11.5 Å². The highest BCUT2D eigenvalue weighted by Gasteiger charge is 2.13. The van der Waals surface area contributed by atoms with Crippen molar-refractivity contribution in [1.29, 1.82) is 0 Å². The zero-order valence-electron chi connectivity index (χ0n) is 20.1. The molecular weight excluding hydrogens is 427 g/mol. The molecule has 0 fully saturated rings. The maximum Gasteiger partial charge on any atom is 0.343 e. The second-order valence-corrected chi connectivity index (χ2v) is 8.65. The molecule has 0 heterocycles. The van der Waals surface area contributed by atoms with E-state index in [4.69, 9.17) is 9.47 Å². The Morgan fingerprint density at radius 3 is 2.09 bits per heavy atom. The third-order valence-electron chi connectivity index (χ3n) is 5.88. The molecule has 0 aliphatic rings. The zero-order chi connectivity index (χ0) is 24.3. The first-order chi connectivity index (χ1) is 16.5. The van der Waals surface area contributed by atoms with Crippen molar-refractivity contribution in [2.24, 2.45) is 5.92 Å². The van der Waals surface area contributed by atoms with Crippen LogP contribution in [0.3, 0.4) is 0 Å². The minimum absolute atomic E-state index is 0.146. The molecule has 0 aliphatic heterocycles. The molecule has 0 aromatic heterocycles. The van der Waals surface area contributed by atoms with Gasteiger partial charge in [-0.3, -0.25) is 0 Å². The van der Waals surface area contributed by atoms with Gasteiger partial charge in [-0.05, 0) is 78.6 Å². The molecule has 0 spiro atoms. The average molecular weight is 461 g/mol. The number of hydrogen-bond acceptors (Lipinski definition) is 3. The molecule has 0 amide bonds. The lowest BCUT2D eigenvalue weighted by molar-refractivity contribution is 0.0734. The second-order valence-electron chi connectivity index (χ2n) is 8.65. The number of ether oxygens (including phenoxy) is 2. The van der Waals surface area contributed by atoms with E-state index < -0.39 is 11.8 Å². The van der Waals surface area contributed by atoms with Crippen molar-refractivity contribution in [3.8, 4) is 11.5 Å². The van der Waals surface area contributed by atoms with Crippen molar-refractivity contribution in [3.63, 3.8) is 0 Å². The summed E-state index contributed by atoms with van der Waals surface area (Å²) in [4.78, 5) is 12.4. The maximum atomic E-state index is 14.3. The Bertz CT molecular complexity index is 1070. The number of esters is 1. The summed E-state index contributed by atoms with van der Waals surface area (Å²) in [5.41, 5.74) is 3.91. The van der Waals surface area contributed by atoms with Gasteiger partial charge in [-0.25, -0.2) is 9.18 Å². The number of benzene rings is 3. The minimum Gasteiger partial charge on any atom is -0.490 e. The summed E-state index contributed by atoms with van der Waals surface area (Å²) in [5, 5.41) is 0. The van der Waals surface area contributed by atoms with E-state index in [9.17, 15) is 9.18 Å². The van der Waals surface area contributed by atoms with Crippen molar-refractivity contribution >= 4 is 5.97 Å². The van der Waals surface area contributed by atoms with Crippen molar-refractivity contribution in [1.82, 2.24) is 0 Å². The smallest absolute Gasteiger partial charge is 0.343 e. The predicted octanol–water partition coefficient (Wildman–Crippen LogP) is 7.37. The lowest BCUT2D eigenvalue weighted by Gasteiger charge is -2.12. The summed E-state index contributed by atoms with van der Waals surface area (Å²) < 4.78 is 25.2. The highest BCUT2D eigenvalue weighted by molar-refractivity contribution is 5.91. The third kappa shape index (κ3) is 7.58. The quantitative estimate of drug-likeness (QED) is 0.161. The van der Waals surface area contributed by atoms with Gasteiger partial charge in [-0.15, -0.1) is 6.58 Å². The first-order valence-electron chi connectivity index (χ1n) is 11.9. The van der Waals surface area contributed by atoms with E-state index in [1.807, 2.05) is 25.1 Å². The molecule has 0 N–H and O–H groups in total. The number of carbonyl (C=O) groups excluding carboxylic acids is 1. The average Bonchev–Trinajstić information content (AvgIpc) is 2.86. The normalized spacial score (nSPS) is 11.6. The fourth-order valence-electron chi connectivity index (χ4n) is 3.41. The van der Waals surface area contributed by atoms with Gasteiger partial charge in [0.1, 0.15) is 5.75 Å². The highest BCUT2D eigenvalue weighted by atomic mass is 19.1. The van der Waals surface area contributed by atoms with Crippen LogP contribution in [0.25, 0.3) is 0 Å². The van der Waals surface area contributed by atoms with Gasteiger partial charge < -0.3 is 9.47 Å². The van der Waals surface area contributed by atoms with Crippen molar-refractivity contribution in [3.05, 3.63) is 107 Å². The van der Waals surface area contributed by atoms with E-state index in [-0.39, 0.29) is 11.3 Å². The second kappa shape index (κ2) is 12.7. The van der Waals surface area contributed by atoms with Crippen LogP contribution in [-0.4, -0.2) is 12.6 Å². The van der Waals surface area contributed by atoms with Crippen LogP contribution in [0.2, 0.25) is 0 Å². The molecule has 178 valence electrons. The fourth-order valence-corrected chi connectivity index (χ4v) is 3.41. The molecule has 0 bridgehead atoms. The molecule has 0 radical (unpaired) electrons. The molecule has 4 heteroatoms. The van der Waals surface area contributed by atoms with Crippen molar-refractivity contribution in [2.75, 3.05) is 6.61 Å². The van der Waals surface area contributed by atoms with Gasteiger partial charge >= 0.3 is 5.97 Å². The SMILES string of the molecule is C=CCCc1ccc(CCc2ccc(OC(=O)c3ccc(OC[C@@H](C)CC)c(F)c3)cc2)cc1. The highest BCUT2D eigenvalue weighted by Crippen LogP contribution is 2.21. The molecule has 3 rings (SSSR count). The Labute approximate surface area is 202 Å². The molecule has 3 aromatic carbocycles. The van der Waals surface area contributed by atoms with E-state index in [0.29, 0.717) is 18.3 Å². The number of hydrogen-bond donors (Lipinski definition) is 0. The van der Waals surface area contributed by atoms with Gasteiger partial charge in [0, 0.05) is 0 Å². The Hall–Kier alpha value is -3.40. The molecule has 0 saturated heterocycles. The minimum atomic E-state index is -0.600. The number of carbonyl (C=O) groups is 1. The topological polar surface area (TPSA) is 35.5 Å². The summed E-state index contributed by atoms with van der Waals surface area (Å²) in [6.07, 6.45) is 6.73. The number of halogens is 1. The van der Waals surface area contributed by atoms with E-state index in [2.05, 4.69) is 37.8 Å². The van der Waals surface area contributed by atoms with Crippen LogP contribution in [-0.2, 0) is 19.3 Å². The summed E-state index contributed by atoms with van der Waals surface area (Å²) in [7, 11) is 0. The van der Waals surface area contributed by atoms with Gasteiger partial charge in [0.15, 0.2) is 11.6 Å². The van der Waals surface area contributed by atoms with Gasteiger partial charge in [0.25, 0.3) is 0 Å². The monoisotopic (exact) mass is 460 g/mol. The van der Waals surface area contributed by atoms with E-state index in [0.717, 1.165) is 43.7 Å². The van der Waals surface area contributed by atoms with Crippen LogP contribution < -0.4 is 9.47 Å². The molecule has 34 heavy (non-hydrogen) atoms. The van der Waals surface area contributed by atoms with E-state index >= 15 is 0 Å². The van der Waals surface area contributed by atoms with Crippen LogP contribution in [0.15, 0.2) is 79.4 Å². The Balaban J connectivity index is 1.51. The first kappa shape index (κ1) is 25.2. The maximum absolute atomic E-state index is 14.3. The first-order valence-corrected chi connectivity index (χ1v) is 11.9. The van der Waals surface area contributed by atoms with Crippen molar-refractivity contribution in [2.45, 2.75) is 46.0 Å². The summed E-state index contributed by atoms with van der Waals surface area (Å²) in [6.45, 7) is 8.30. The summed E-state index contributed by atoms with van der Waals surface area (Å²) in [5.74, 6) is -0.260. The zero-order valence-corrected chi connectivity index (χ0v) is 20.1. The standard InChI is InChI=1S/C30H33FO3/c1-4-6-7-23-8-10-24(11-9-23)12-13-25-14-17-27(18-15-25)34-30(32)26-16-19-29(28(31)20-26)33-21-22(3)5-2/h4,8-11,14-20,22H,1,5-7,12-13,21H2,2-3H3/t22-/m0/s1. The summed E-state index contributed by atoms with van der Waals surface area (Å²) >= 11 is 0. The number of rotatable bonds is 12. The molecule has 3 nitrogen and oxygen atoms in total. The van der Waals surface area contributed by atoms with Crippen LogP contribution >= 0.6 is 0 Å². The van der Waals surface area contributed by atoms with Gasteiger partial charge in [-0.1, -0.05) is 62.7 Å². The lowest BCUT2D eigenvalue weighted by atomic mass is 10.0. The van der Waals surface area contributed by atoms with Crippen LogP contribution in [0.4, 0.5) is 4.39 Å². The number of aryl methyl sites for hydroxylation is 3. The summed E-state index contributed by atoms with van der Waals surface area (Å²) in [6, 6.07) is 20.3. The molecule has 3 aromatic rings. The van der Waals surface area contributed by atoms with Gasteiger partial charge in [0.2, 0.25) is 0 Å². The number of allylic oxidation sites excluding steroid dienone is 1. The molecule has 0 aliphatic carbocycles. The lowest BCUT2D eigenvalue weighted by Crippen LogP contribution is -2.11. The Morgan fingerprint density at radius 2 is 1.53 bits per heavy atom. The van der Waals surface area contributed by atoms with Gasteiger partial charge in [0.05, 0.1) is 12.2 Å². The van der Waals surface area contributed by atoms with Gasteiger partial charge in [-0.2, -0.15) is 0 Å². The van der Waals surface area contributed by atoms with Crippen LogP contribution in [0.1, 0.15) is 53.7 Å². The fraction of sp³-hybridized carbons (Fsp3) is 0.300. The van der Waals surface area contributed by atoms with Crippen molar-refractivity contribution < 1.29 is 18.7 Å². The van der Waals surface area contributed by atoms with E-state index in [1.165, 1.54) is 23.3 Å². The van der Waals surface area contributed by atoms with E-state index in [1.54, 1.807) is 12.1 Å². The Morgan fingerprint density at radius 1 is 0.941 bits per heavy atom. The van der Waals surface area contributed by atoms with Crippen LogP contribution in [0, 0.1) is 11.7 Å². The third-order valence-corrected chi connectivity index (χ3v) is 5.88. The predicted molar refractivity (Wildman–Crippen MR) is 135 cm³/mol. The Kier molecular flexibility index (Phi) is 9.45. The molecule has 0 saturated carbocycles. The molecule has 0 unspecified atom stereocenters. The molecule has 1 atom stereocenters. The molecular formula is C30H33FO3. The largest absolute Gasteiger partial charge is 0.490 e.